The maximum absolute atomic E-state index is 11.7. The van der Waals surface area contributed by atoms with Crippen molar-refractivity contribution in [1.29, 1.82) is 0 Å². The normalized spacial score (nSPS) is 15.6. The summed E-state index contributed by atoms with van der Waals surface area (Å²) in [4.78, 5) is 3.03. The molecule has 4 N–H and O–H groups in total. The van der Waals surface area contributed by atoms with Gasteiger partial charge in [-0.05, 0) is 30.7 Å². The third-order valence-corrected chi connectivity index (χ3v) is 9.65. The molecule has 14 heteroatoms. The maximum atomic E-state index is 11.7. The fraction of sp³-hybridized carbons (Fsp3) is 0.261. The predicted octanol–water partition coefficient (Wildman–Crippen LogP) is 2.49. The third kappa shape index (κ3) is 7.10. The van der Waals surface area contributed by atoms with Crippen LogP contribution in [0.1, 0.15) is 17.8 Å². The molecule has 0 amide bonds. The number of aromatic nitrogens is 1. The lowest BCUT2D eigenvalue weighted by atomic mass is 10.2. The van der Waals surface area contributed by atoms with Crippen LogP contribution in [-0.4, -0.2) is 39.4 Å². The van der Waals surface area contributed by atoms with Crippen LogP contribution in [0.25, 0.3) is 16.3 Å². The molecule has 0 radical (unpaired) electrons. The van der Waals surface area contributed by atoms with Gasteiger partial charge in [0.2, 0.25) is 5.52 Å². The highest BCUT2D eigenvalue weighted by atomic mass is 32.2. The zero-order valence-electron chi connectivity index (χ0n) is 19.6. The van der Waals surface area contributed by atoms with Crippen LogP contribution in [0.3, 0.4) is 0 Å². The number of benzene rings is 2. The van der Waals surface area contributed by atoms with E-state index in [1.165, 1.54) is 23.1 Å². The molecular formula is C23H26N4O6S4. The van der Waals surface area contributed by atoms with Crippen molar-refractivity contribution in [3.8, 4) is 0 Å². The van der Waals surface area contributed by atoms with E-state index in [9.17, 15) is 21.4 Å². The fourth-order valence-electron chi connectivity index (χ4n) is 3.96. The molecule has 0 unspecified atom stereocenters. The molecule has 3 aromatic rings. The van der Waals surface area contributed by atoms with Gasteiger partial charge in [0.05, 0.1) is 26.6 Å². The number of hydrogen-bond donors (Lipinski definition) is 2. The summed E-state index contributed by atoms with van der Waals surface area (Å²) < 4.78 is 63.6. The summed E-state index contributed by atoms with van der Waals surface area (Å²) in [6.45, 7) is 0.767. The number of anilines is 1. The number of allylic oxidation sites excluding steroid dienone is 1. The van der Waals surface area contributed by atoms with Gasteiger partial charge in [-0.3, -0.25) is 0 Å². The van der Waals surface area contributed by atoms with Crippen molar-refractivity contribution >= 4 is 65.3 Å². The van der Waals surface area contributed by atoms with Gasteiger partial charge >= 0.3 is 0 Å². The highest BCUT2D eigenvalue weighted by Gasteiger charge is 2.26. The van der Waals surface area contributed by atoms with Crippen LogP contribution in [0.5, 0.6) is 0 Å². The number of thiazole rings is 1. The first kappa shape index (κ1) is 27.6. The Bertz CT molecular complexity index is 1560. The molecule has 2 heterocycles. The van der Waals surface area contributed by atoms with E-state index in [2.05, 4.69) is 4.28 Å². The van der Waals surface area contributed by atoms with Gasteiger partial charge in [0.15, 0.2) is 6.54 Å². The second kappa shape index (κ2) is 11.5. The highest BCUT2D eigenvalue weighted by Crippen LogP contribution is 2.46. The van der Waals surface area contributed by atoms with Gasteiger partial charge < -0.3 is 15.2 Å². The molecule has 0 atom stereocenters. The standard InChI is InChI=1S/C23H26N4O6S4/c24-17(15-22-26(11-5-13-36(28,29)30)18-7-1-3-9-20(18)34-22)16-23-27(12-6-14-37(31,32)33-25)19-8-2-4-10-21(19)35-23/h1-4,7-10,15-16,24H,5-6,11-14,25H2,(H,28,29,30)/b23-16-. The van der Waals surface area contributed by atoms with E-state index in [0.717, 1.165) is 30.8 Å². The summed E-state index contributed by atoms with van der Waals surface area (Å²) in [7, 11) is -8.08. The number of fused-ring (bicyclic) bond motifs is 2. The Hall–Kier alpha value is -2.46. The Morgan fingerprint density at radius 1 is 1.05 bits per heavy atom. The Morgan fingerprint density at radius 2 is 1.78 bits per heavy atom. The van der Waals surface area contributed by atoms with E-state index in [4.69, 9.17) is 11.6 Å². The fourth-order valence-corrected chi connectivity index (χ4v) is 7.32. The summed E-state index contributed by atoms with van der Waals surface area (Å²) in [6, 6.07) is 15.5. The first-order valence-corrected chi connectivity index (χ1v) is 16.0. The number of para-hydroxylation sites is 2. The second-order valence-corrected chi connectivity index (χ2v) is 13.6. The number of hydrogen-bond acceptors (Lipinski definition) is 11. The first-order valence-electron chi connectivity index (χ1n) is 11.3. The lowest BCUT2D eigenvalue weighted by molar-refractivity contribution is -0.668. The van der Waals surface area contributed by atoms with Gasteiger partial charge in [-0.25, -0.2) is 8.42 Å². The SMILES string of the molecule is NOS(=O)(=O)CCCN1/C(=C/C(N)=C/c2sc3ccccc3[n+]2CCCS(=O)(=O)[O-])Sc2ccccc21. The quantitative estimate of drug-likeness (QED) is 0.195. The average Bonchev–Trinajstić information content (AvgIpc) is 3.36. The van der Waals surface area contributed by atoms with E-state index < -0.39 is 26.0 Å². The molecule has 0 spiro atoms. The van der Waals surface area contributed by atoms with Crippen molar-refractivity contribution < 1.29 is 30.2 Å². The van der Waals surface area contributed by atoms with Crippen molar-refractivity contribution in [1.82, 2.24) is 0 Å². The van der Waals surface area contributed by atoms with Gasteiger partial charge in [0.25, 0.3) is 15.1 Å². The summed E-state index contributed by atoms with van der Waals surface area (Å²) in [6.07, 6.45) is 4.13. The number of rotatable bonds is 11. The van der Waals surface area contributed by atoms with Crippen LogP contribution in [-0.2, 0) is 31.1 Å². The van der Waals surface area contributed by atoms with Gasteiger partial charge in [-0.15, -0.1) is 0 Å². The van der Waals surface area contributed by atoms with Crippen molar-refractivity contribution in [2.45, 2.75) is 24.3 Å². The lowest BCUT2D eigenvalue weighted by Crippen LogP contribution is -2.36. The van der Waals surface area contributed by atoms with E-state index in [0.29, 0.717) is 25.2 Å². The van der Waals surface area contributed by atoms with E-state index >= 15 is 0 Å². The molecule has 1 aliphatic rings. The van der Waals surface area contributed by atoms with Gasteiger partial charge in [0, 0.05) is 41.5 Å². The molecule has 0 bridgehead atoms. The number of aryl methyl sites for hydroxylation is 1. The van der Waals surface area contributed by atoms with E-state index in [1.54, 1.807) is 0 Å². The van der Waals surface area contributed by atoms with Crippen LogP contribution in [0.15, 0.2) is 70.2 Å². The molecule has 1 aliphatic heterocycles. The number of nitrogens with zero attached hydrogens (tertiary/aromatic N) is 2. The number of nitrogens with two attached hydrogens (primary N) is 2. The summed E-state index contributed by atoms with van der Waals surface area (Å²) in [5.74, 6) is 4.19. The molecule has 2 aromatic carbocycles. The number of thioether (sulfide) groups is 1. The van der Waals surface area contributed by atoms with Gasteiger partial charge in [-0.2, -0.15) is 23.2 Å². The zero-order valence-corrected chi connectivity index (χ0v) is 22.9. The predicted molar refractivity (Wildman–Crippen MR) is 145 cm³/mol. The molecule has 0 saturated heterocycles. The van der Waals surface area contributed by atoms with Crippen molar-refractivity contribution in [2.75, 3.05) is 23.0 Å². The van der Waals surface area contributed by atoms with Crippen LogP contribution < -0.4 is 21.1 Å². The molecule has 198 valence electrons. The highest BCUT2D eigenvalue weighted by molar-refractivity contribution is 8.03. The van der Waals surface area contributed by atoms with Crippen molar-refractivity contribution in [3.63, 3.8) is 0 Å². The monoisotopic (exact) mass is 582 g/mol. The molecule has 10 nitrogen and oxygen atoms in total. The molecule has 37 heavy (non-hydrogen) atoms. The molecule has 4 rings (SSSR count). The zero-order chi connectivity index (χ0) is 26.6. The van der Waals surface area contributed by atoms with Gasteiger partial charge in [0.1, 0.15) is 4.70 Å². The van der Waals surface area contributed by atoms with E-state index in [1.807, 2.05) is 70.1 Å². The summed E-state index contributed by atoms with van der Waals surface area (Å²) in [5, 5.41) is 1.66. The minimum Gasteiger partial charge on any atom is -0.748 e. The Balaban J connectivity index is 1.62. The maximum Gasteiger partial charge on any atom is 0.283 e. The molecule has 1 aromatic heterocycles. The first-order chi connectivity index (χ1) is 17.6. The second-order valence-electron chi connectivity index (χ2n) is 8.23. The minimum atomic E-state index is -4.30. The van der Waals surface area contributed by atoms with Crippen LogP contribution in [0.4, 0.5) is 5.69 Å². The van der Waals surface area contributed by atoms with E-state index in [-0.39, 0.29) is 12.2 Å². The smallest absolute Gasteiger partial charge is 0.283 e. The summed E-state index contributed by atoms with van der Waals surface area (Å²) >= 11 is 3.04. The molecule has 0 aliphatic carbocycles. The third-order valence-electron chi connectivity index (χ3n) is 5.55. The Labute approximate surface area is 224 Å². The Kier molecular flexibility index (Phi) is 8.58. The lowest BCUT2D eigenvalue weighted by Gasteiger charge is -2.20. The average molecular weight is 583 g/mol. The minimum absolute atomic E-state index is 0.188. The van der Waals surface area contributed by atoms with Crippen LogP contribution in [0, 0.1) is 0 Å². The van der Waals surface area contributed by atoms with Crippen molar-refractivity contribution in [2.24, 2.45) is 11.6 Å². The Morgan fingerprint density at radius 3 is 2.54 bits per heavy atom. The largest absolute Gasteiger partial charge is 0.748 e. The summed E-state index contributed by atoms with van der Waals surface area (Å²) in [5.41, 5.74) is 8.80. The van der Waals surface area contributed by atoms with Gasteiger partial charge in [-0.1, -0.05) is 47.4 Å². The molecule has 0 saturated carbocycles. The van der Waals surface area contributed by atoms with Crippen molar-refractivity contribution in [3.05, 3.63) is 70.3 Å². The molecular weight excluding hydrogens is 557 g/mol. The van der Waals surface area contributed by atoms with Crippen LogP contribution in [0.2, 0.25) is 0 Å². The van der Waals surface area contributed by atoms with Crippen LogP contribution >= 0.6 is 23.1 Å². The topological polar surface area (TPSA) is 160 Å². The molecule has 0 fully saturated rings.